The van der Waals surface area contributed by atoms with Crippen LogP contribution >= 0.6 is 0 Å². The average molecular weight is 257 g/mol. The van der Waals surface area contributed by atoms with E-state index in [1.165, 1.54) is 7.11 Å². The highest BCUT2D eigenvalue weighted by atomic mass is 16.5. The molecule has 1 aliphatic rings. The Balaban J connectivity index is 2.45. The number of likely N-dealkylation sites (N-methyl/N-ethyl adjacent to an activating group) is 1. The third kappa shape index (κ3) is 4.62. The number of carbonyl (C=O) groups excluding carboxylic acids is 2. The van der Waals surface area contributed by atoms with E-state index in [1.807, 2.05) is 23.9 Å². The van der Waals surface area contributed by atoms with Crippen LogP contribution in [-0.4, -0.2) is 87.0 Å². The van der Waals surface area contributed by atoms with Crippen molar-refractivity contribution in [3.05, 3.63) is 0 Å². The monoisotopic (exact) mass is 257 g/mol. The molecule has 0 N–H and O–H groups in total. The molecule has 1 aliphatic heterocycles. The fourth-order valence-electron chi connectivity index (χ4n) is 2.00. The number of hydrogen-bond acceptors (Lipinski definition) is 4. The highest BCUT2D eigenvalue weighted by Crippen LogP contribution is 2.04. The summed E-state index contributed by atoms with van der Waals surface area (Å²) >= 11 is 0. The van der Waals surface area contributed by atoms with Crippen LogP contribution in [0, 0.1) is 0 Å². The van der Waals surface area contributed by atoms with Crippen LogP contribution in [0.25, 0.3) is 0 Å². The van der Waals surface area contributed by atoms with Gasteiger partial charge >= 0.3 is 0 Å². The Hall–Kier alpha value is -1.14. The number of hydrogen-bond donors (Lipinski definition) is 0. The van der Waals surface area contributed by atoms with E-state index in [2.05, 4.69) is 0 Å². The van der Waals surface area contributed by atoms with Gasteiger partial charge in [0, 0.05) is 33.3 Å². The predicted octanol–water partition coefficient (Wildman–Crippen LogP) is -0.745. The first-order valence-corrected chi connectivity index (χ1v) is 6.24. The summed E-state index contributed by atoms with van der Waals surface area (Å²) in [7, 11) is 5.27. The zero-order valence-corrected chi connectivity index (χ0v) is 11.5. The third-order valence-electron chi connectivity index (χ3n) is 2.92. The van der Waals surface area contributed by atoms with Crippen LogP contribution in [0.1, 0.15) is 6.42 Å². The Morgan fingerprint density at radius 3 is 2.11 bits per heavy atom. The SMILES string of the molecule is COCC(=O)N1CCCN(C(=O)CN(C)C)CC1. The minimum absolute atomic E-state index is 0.000548. The zero-order chi connectivity index (χ0) is 13.5. The van der Waals surface area contributed by atoms with Gasteiger partial charge in [0.05, 0.1) is 6.54 Å². The molecule has 0 atom stereocenters. The second kappa shape index (κ2) is 7.33. The zero-order valence-electron chi connectivity index (χ0n) is 11.5. The molecular formula is C12H23N3O3. The molecule has 0 aromatic rings. The van der Waals surface area contributed by atoms with E-state index in [9.17, 15) is 9.59 Å². The molecule has 0 bridgehead atoms. The maximum atomic E-state index is 11.9. The summed E-state index contributed by atoms with van der Waals surface area (Å²) < 4.78 is 4.85. The first-order chi connectivity index (χ1) is 8.54. The van der Waals surface area contributed by atoms with E-state index < -0.39 is 0 Å². The van der Waals surface area contributed by atoms with Crippen LogP contribution in [0.2, 0.25) is 0 Å². The molecule has 6 nitrogen and oxygen atoms in total. The number of nitrogens with zero attached hydrogens (tertiary/aromatic N) is 3. The Morgan fingerprint density at radius 1 is 1.06 bits per heavy atom. The second-order valence-electron chi connectivity index (χ2n) is 4.79. The van der Waals surface area contributed by atoms with Gasteiger partial charge in [-0.2, -0.15) is 0 Å². The van der Waals surface area contributed by atoms with Gasteiger partial charge in [0.15, 0.2) is 0 Å². The van der Waals surface area contributed by atoms with Gasteiger partial charge in [0.2, 0.25) is 11.8 Å². The van der Waals surface area contributed by atoms with Gasteiger partial charge in [0.1, 0.15) is 6.61 Å². The number of carbonyl (C=O) groups is 2. The molecule has 1 heterocycles. The molecule has 18 heavy (non-hydrogen) atoms. The van der Waals surface area contributed by atoms with Crippen molar-refractivity contribution in [2.24, 2.45) is 0 Å². The van der Waals surface area contributed by atoms with Gasteiger partial charge in [-0.3, -0.25) is 9.59 Å². The molecular weight excluding hydrogens is 234 g/mol. The Kier molecular flexibility index (Phi) is 6.07. The molecule has 104 valence electrons. The van der Waals surface area contributed by atoms with Crippen LogP contribution < -0.4 is 0 Å². The Bertz CT molecular complexity index is 294. The fourth-order valence-corrected chi connectivity index (χ4v) is 2.00. The smallest absolute Gasteiger partial charge is 0.248 e. The first-order valence-electron chi connectivity index (χ1n) is 6.24. The maximum absolute atomic E-state index is 11.9. The standard InChI is InChI=1S/C12H23N3O3/c1-13(2)9-11(16)14-5-4-6-15(8-7-14)12(17)10-18-3/h4-10H2,1-3H3. The summed E-state index contributed by atoms with van der Waals surface area (Å²) in [6, 6.07) is 0. The summed E-state index contributed by atoms with van der Waals surface area (Å²) in [5, 5.41) is 0. The number of ether oxygens (including phenoxy) is 1. The summed E-state index contributed by atoms with van der Waals surface area (Å²) in [6.45, 7) is 3.18. The topological polar surface area (TPSA) is 53.1 Å². The van der Waals surface area contributed by atoms with Gasteiger partial charge in [-0.05, 0) is 20.5 Å². The minimum Gasteiger partial charge on any atom is -0.375 e. The van der Waals surface area contributed by atoms with Crippen LogP contribution in [0.5, 0.6) is 0 Å². The fraction of sp³-hybridized carbons (Fsp3) is 0.833. The summed E-state index contributed by atoms with van der Waals surface area (Å²) in [5.74, 6) is 0.125. The molecule has 0 aromatic heterocycles. The van der Waals surface area contributed by atoms with Crippen molar-refractivity contribution >= 4 is 11.8 Å². The highest BCUT2D eigenvalue weighted by molar-refractivity contribution is 5.79. The quantitative estimate of drug-likeness (QED) is 0.665. The molecule has 1 fully saturated rings. The van der Waals surface area contributed by atoms with Crippen LogP contribution in [0.3, 0.4) is 0 Å². The van der Waals surface area contributed by atoms with E-state index >= 15 is 0 Å². The van der Waals surface area contributed by atoms with Crippen LogP contribution in [0.15, 0.2) is 0 Å². The molecule has 0 spiro atoms. The number of rotatable bonds is 4. The lowest BCUT2D eigenvalue weighted by Gasteiger charge is -2.23. The average Bonchev–Trinajstić information content (AvgIpc) is 2.53. The summed E-state index contributed by atoms with van der Waals surface area (Å²) in [5.41, 5.74) is 0. The molecule has 0 aromatic carbocycles. The van der Waals surface area contributed by atoms with Crippen molar-refractivity contribution in [3.8, 4) is 0 Å². The second-order valence-corrected chi connectivity index (χ2v) is 4.79. The van der Waals surface area contributed by atoms with Gasteiger partial charge in [-0.15, -0.1) is 0 Å². The van der Waals surface area contributed by atoms with Crippen LogP contribution in [0.4, 0.5) is 0 Å². The molecule has 2 amide bonds. The predicted molar refractivity (Wildman–Crippen MR) is 68.2 cm³/mol. The van der Waals surface area contributed by atoms with Gasteiger partial charge in [-0.1, -0.05) is 0 Å². The van der Waals surface area contributed by atoms with Gasteiger partial charge in [-0.25, -0.2) is 0 Å². The van der Waals surface area contributed by atoms with E-state index in [1.54, 1.807) is 4.90 Å². The lowest BCUT2D eigenvalue weighted by Crippen LogP contribution is -2.41. The molecule has 0 radical (unpaired) electrons. The van der Waals surface area contributed by atoms with Crippen molar-refractivity contribution in [1.82, 2.24) is 14.7 Å². The van der Waals surface area contributed by atoms with Gasteiger partial charge in [0.25, 0.3) is 0 Å². The Labute approximate surface area is 108 Å². The number of amides is 2. The van der Waals surface area contributed by atoms with Crippen molar-refractivity contribution in [2.75, 3.05) is 60.5 Å². The molecule has 0 unspecified atom stereocenters. The lowest BCUT2D eigenvalue weighted by atomic mass is 10.3. The maximum Gasteiger partial charge on any atom is 0.248 e. The van der Waals surface area contributed by atoms with Crippen molar-refractivity contribution in [2.45, 2.75) is 6.42 Å². The van der Waals surface area contributed by atoms with Gasteiger partial charge < -0.3 is 19.4 Å². The summed E-state index contributed by atoms with van der Waals surface area (Å²) in [4.78, 5) is 29.1. The number of methoxy groups -OCH3 is 1. The lowest BCUT2D eigenvalue weighted by molar-refractivity contribution is -0.136. The third-order valence-corrected chi connectivity index (χ3v) is 2.92. The molecule has 0 aliphatic carbocycles. The first kappa shape index (κ1) is 14.9. The van der Waals surface area contributed by atoms with E-state index in [4.69, 9.17) is 4.74 Å². The van der Waals surface area contributed by atoms with Crippen LogP contribution in [-0.2, 0) is 14.3 Å². The Morgan fingerprint density at radius 2 is 1.61 bits per heavy atom. The normalized spacial score (nSPS) is 16.9. The molecule has 0 saturated carbocycles. The van der Waals surface area contributed by atoms with E-state index in [0.717, 1.165) is 13.0 Å². The minimum atomic E-state index is -0.000548. The molecule has 6 heteroatoms. The molecule has 1 rings (SSSR count). The van der Waals surface area contributed by atoms with Crippen molar-refractivity contribution in [3.63, 3.8) is 0 Å². The van der Waals surface area contributed by atoms with E-state index in [0.29, 0.717) is 26.2 Å². The summed E-state index contributed by atoms with van der Waals surface area (Å²) in [6.07, 6.45) is 0.828. The van der Waals surface area contributed by atoms with Crippen molar-refractivity contribution < 1.29 is 14.3 Å². The largest absolute Gasteiger partial charge is 0.375 e. The molecule has 1 saturated heterocycles. The van der Waals surface area contributed by atoms with Crippen molar-refractivity contribution in [1.29, 1.82) is 0 Å². The highest BCUT2D eigenvalue weighted by Gasteiger charge is 2.21. The van der Waals surface area contributed by atoms with E-state index in [-0.39, 0.29) is 18.4 Å².